The minimum Gasteiger partial charge on any atom is -0.428 e. The Morgan fingerprint density at radius 3 is 2.28 bits per heavy atom. The molecule has 0 saturated carbocycles. The summed E-state index contributed by atoms with van der Waals surface area (Å²) in [7, 11) is -1.53. The topological polar surface area (TPSA) is 44.5 Å². The molecule has 1 atom stereocenters. The van der Waals surface area contributed by atoms with E-state index in [1.807, 2.05) is 26.0 Å². The molecule has 1 unspecified atom stereocenters. The van der Waals surface area contributed by atoms with E-state index in [9.17, 15) is 0 Å². The highest BCUT2D eigenvalue weighted by atomic mass is 31.2. The second-order valence-corrected chi connectivity index (χ2v) is 3.99. The molecule has 0 rings (SSSR count). The Morgan fingerprint density at radius 2 is 1.78 bits per heavy atom. The number of hydrogen-bond acceptors (Lipinski definition) is 3. The second kappa shape index (κ2) is 10.6. The van der Waals surface area contributed by atoms with Crippen molar-refractivity contribution in [2.24, 2.45) is 5.50 Å². The minimum atomic E-state index is -1.53. The first-order chi connectivity index (χ1) is 8.67. The van der Waals surface area contributed by atoms with Crippen LogP contribution in [0.25, 0.3) is 0 Å². The van der Waals surface area contributed by atoms with Gasteiger partial charge < -0.3 is 9.05 Å². The lowest BCUT2D eigenvalue weighted by Crippen LogP contribution is -1.97. The first-order valence-corrected chi connectivity index (χ1v) is 6.74. The predicted molar refractivity (Wildman–Crippen MR) is 79.5 cm³/mol. The maximum absolute atomic E-state index is 5.78. The molecule has 0 aromatic carbocycles. The van der Waals surface area contributed by atoms with Crippen LogP contribution in [-0.4, -0.2) is 0 Å². The predicted octanol–water partition coefficient (Wildman–Crippen LogP) is 4.50. The monoisotopic (exact) mass is 265 g/mol. The maximum atomic E-state index is 5.78. The zero-order valence-corrected chi connectivity index (χ0v) is 11.8. The Hall–Kier alpha value is -1.57. The van der Waals surface area contributed by atoms with Crippen molar-refractivity contribution >= 4 is 8.53 Å². The van der Waals surface area contributed by atoms with Crippen LogP contribution in [0.15, 0.2) is 73.3 Å². The van der Waals surface area contributed by atoms with Crippen LogP contribution in [0.4, 0.5) is 0 Å². The molecular formula is C14H20NO2P. The van der Waals surface area contributed by atoms with Gasteiger partial charge in [-0.3, -0.25) is 0 Å². The molecule has 0 aliphatic rings. The summed E-state index contributed by atoms with van der Waals surface area (Å²) in [4.78, 5) is 0. The van der Waals surface area contributed by atoms with Gasteiger partial charge in [0.1, 0.15) is 11.5 Å². The van der Waals surface area contributed by atoms with Crippen LogP contribution in [0.2, 0.25) is 0 Å². The van der Waals surface area contributed by atoms with Crippen molar-refractivity contribution in [3.8, 4) is 0 Å². The molecule has 0 aromatic heterocycles. The van der Waals surface area contributed by atoms with Crippen LogP contribution >= 0.6 is 8.53 Å². The summed E-state index contributed by atoms with van der Waals surface area (Å²) in [6.45, 7) is 11.0. The average molecular weight is 265 g/mol. The van der Waals surface area contributed by atoms with Crippen molar-refractivity contribution in [2.75, 3.05) is 0 Å². The third kappa shape index (κ3) is 7.66. The van der Waals surface area contributed by atoms with Gasteiger partial charge in [0.2, 0.25) is 0 Å². The Bertz CT molecular complexity index is 381. The number of allylic oxidation sites excluding steroid dienone is 8. The van der Waals surface area contributed by atoms with Gasteiger partial charge in [0, 0.05) is 0 Å². The summed E-state index contributed by atoms with van der Waals surface area (Å²) in [6, 6.07) is 0. The summed E-state index contributed by atoms with van der Waals surface area (Å²) < 4.78 is 10.9. The molecule has 0 fully saturated rings. The van der Waals surface area contributed by atoms with E-state index in [0.717, 1.165) is 0 Å². The fourth-order valence-corrected chi connectivity index (χ4v) is 1.65. The smallest absolute Gasteiger partial charge is 0.378 e. The summed E-state index contributed by atoms with van der Waals surface area (Å²) in [6.07, 6.45) is 14.1. The van der Waals surface area contributed by atoms with Gasteiger partial charge in [-0.25, -0.2) is 5.50 Å². The van der Waals surface area contributed by atoms with E-state index >= 15 is 0 Å². The Balaban J connectivity index is 4.48. The van der Waals surface area contributed by atoms with Gasteiger partial charge in [-0.05, 0) is 38.2 Å². The van der Waals surface area contributed by atoms with Crippen molar-refractivity contribution in [3.05, 3.63) is 73.3 Å². The van der Waals surface area contributed by atoms with Gasteiger partial charge in [-0.2, -0.15) is 0 Å². The molecule has 0 spiro atoms. The van der Waals surface area contributed by atoms with Crippen LogP contribution < -0.4 is 5.50 Å². The molecule has 0 aliphatic heterocycles. The van der Waals surface area contributed by atoms with Crippen LogP contribution in [-0.2, 0) is 9.05 Å². The lowest BCUT2D eigenvalue weighted by atomic mass is 10.4. The molecule has 0 heterocycles. The summed E-state index contributed by atoms with van der Waals surface area (Å²) in [5.74, 6) is 1.21. The standard InChI is InChI=1S/C14H20NO2P/c1-5-9-11-13(7-3)16-18(15)17-14(8-4)12-10-6-2/h5-12H,1,4,15H2,2-3H3/b10-6-,11-9-,13-7+,14-12+. The summed E-state index contributed by atoms with van der Waals surface area (Å²) in [5.41, 5.74) is 5.78. The maximum Gasteiger partial charge on any atom is 0.378 e. The third-order valence-corrected chi connectivity index (χ3v) is 2.51. The first kappa shape index (κ1) is 16.4. The van der Waals surface area contributed by atoms with Crippen LogP contribution in [0.3, 0.4) is 0 Å². The van der Waals surface area contributed by atoms with Crippen molar-refractivity contribution in [1.29, 1.82) is 0 Å². The van der Waals surface area contributed by atoms with Crippen LogP contribution in [0.1, 0.15) is 13.8 Å². The first-order valence-electron chi connectivity index (χ1n) is 5.49. The minimum absolute atomic E-state index is 0.574. The van der Waals surface area contributed by atoms with E-state index in [1.54, 1.807) is 36.5 Å². The van der Waals surface area contributed by atoms with Crippen molar-refractivity contribution in [3.63, 3.8) is 0 Å². The quantitative estimate of drug-likeness (QED) is 0.399. The zero-order valence-electron chi connectivity index (χ0n) is 10.9. The Kier molecular flexibility index (Phi) is 9.65. The van der Waals surface area contributed by atoms with Gasteiger partial charge in [0.25, 0.3) is 0 Å². The molecule has 3 nitrogen and oxygen atoms in total. The lowest BCUT2D eigenvalue weighted by molar-refractivity contribution is 0.373. The van der Waals surface area contributed by atoms with Crippen molar-refractivity contribution in [1.82, 2.24) is 0 Å². The van der Waals surface area contributed by atoms with Crippen LogP contribution in [0.5, 0.6) is 0 Å². The molecule has 0 bridgehead atoms. The molecule has 0 saturated heterocycles. The highest BCUT2D eigenvalue weighted by molar-refractivity contribution is 7.44. The normalized spacial score (nSPS) is 14.8. The molecule has 0 aliphatic carbocycles. The highest BCUT2D eigenvalue weighted by Crippen LogP contribution is 2.35. The average Bonchev–Trinajstić information content (AvgIpc) is 2.39. The molecule has 0 aromatic rings. The van der Waals surface area contributed by atoms with E-state index in [1.165, 1.54) is 0 Å². The molecular weight excluding hydrogens is 245 g/mol. The van der Waals surface area contributed by atoms with Crippen molar-refractivity contribution < 1.29 is 9.05 Å². The van der Waals surface area contributed by atoms with E-state index in [0.29, 0.717) is 11.5 Å². The number of nitrogens with two attached hydrogens (primary N) is 1. The SMILES string of the molecule is C=C/C=C\C(=C/C)OP(N)O/C(C=C)=C/C=C\C. The molecule has 2 N–H and O–H groups in total. The number of hydrogen-bond donors (Lipinski definition) is 1. The summed E-state index contributed by atoms with van der Waals surface area (Å²) >= 11 is 0. The van der Waals surface area contributed by atoms with Gasteiger partial charge in [-0.1, -0.05) is 37.5 Å². The van der Waals surface area contributed by atoms with E-state index in [4.69, 9.17) is 14.6 Å². The van der Waals surface area contributed by atoms with E-state index < -0.39 is 8.53 Å². The Labute approximate surface area is 111 Å². The van der Waals surface area contributed by atoms with Gasteiger partial charge in [0.15, 0.2) is 0 Å². The molecule has 0 radical (unpaired) electrons. The molecule has 0 amide bonds. The van der Waals surface area contributed by atoms with Gasteiger partial charge in [0.05, 0.1) is 0 Å². The van der Waals surface area contributed by atoms with Gasteiger partial charge >= 0.3 is 8.53 Å². The third-order valence-electron chi connectivity index (χ3n) is 1.73. The number of rotatable bonds is 8. The molecule has 98 valence electrons. The highest BCUT2D eigenvalue weighted by Gasteiger charge is 2.08. The lowest BCUT2D eigenvalue weighted by Gasteiger charge is -2.14. The van der Waals surface area contributed by atoms with E-state index in [2.05, 4.69) is 13.2 Å². The van der Waals surface area contributed by atoms with E-state index in [-0.39, 0.29) is 0 Å². The molecule has 4 heteroatoms. The van der Waals surface area contributed by atoms with Gasteiger partial charge in [-0.15, -0.1) is 0 Å². The molecule has 18 heavy (non-hydrogen) atoms. The zero-order chi connectivity index (χ0) is 13.8. The Morgan fingerprint density at radius 1 is 1.11 bits per heavy atom. The fraction of sp³-hybridized carbons (Fsp3) is 0.143. The van der Waals surface area contributed by atoms with Crippen molar-refractivity contribution in [2.45, 2.75) is 13.8 Å². The fourth-order valence-electron chi connectivity index (χ4n) is 0.895. The summed E-state index contributed by atoms with van der Waals surface area (Å²) in [5, 5.41) is 0. The second-order valence-electron chi connectivity index (χ2n) is 3.05. The van der Waals surface area contributed by atoms with Crippen LogP contribution in [0, 0.1) is 0 Å². The largest absolute Gasteiger partial charge is 0.428 e.